The first-order valence-corrected chi connectivity index (χ1v) is 8.16. The molecule has 1 aliphatic carbocycles. The average Bonchev–Trinajstić information content (AvgIpc) is 2.46. The van der Waals surface area contributed by atoms with Gasteiger partial charge in [0.15, 0.2) is 0 Å². The maximum absolute atomic E-state index is 6.27. The van der Waals surface area contributed by atoms with Gasteiger partial charge in [-0.1, -0.05) is 45.8 Å². The first kappa shape index (κ1) is 15.0. The molecule has 0 saturated heterocycles. The van der Waals surface area contributed by atoms with Gasteiger partial charge in [0.25, 0.3) is 0 Å². The van der Waals surface area contributed by atoms with Crippen LogP contribution in [0.15, 0.2) is 24.3 Å². The normalized spacial score (nSPS) is 25.2. The van der Waals surface area contributed by atoms with Crippen molar-refractivity contribution in [2.45, 2.75) is 50.9 Å². The lowest BCUT2D eigenvalue weighted by molar-refractivity contribution is -0.0584. The molecule has 0 heterocycles. The summed E-state index contributed by atoms with van der Waals surface area (Å²) in [6, 6.07) is 8.62. The van der Waals surface area contributed by atoms with Crippen molar-refractivity contribution in [1.82, 2.24) is 0 Å². The van der Waals surface area contributed by atoms with Gasteiger partial charge in [0.05, 0.1) is 18.3 Å². The summed E-state index contributed by atoms with van der Waals surface area (Å²) < 4.78 is 11.7. The fourth-order valence-corrected chi connectivity index (χ4v) is 3.18. The summed E-state index contributed by atoms with van der Waals surface area (Å²) >= 11 is 3.57. The Kier molecular flexibility index (Phi) is 5.86. The molecular formula is C16H23BrO2. The summed E-state index contributed by atoms with van der Waals surface area (Å²) in [7, 11) is 1.80. The zero-order chi connectivity index (χ0) is 13.7. The standard InChI is InChI=1S/C16H23BrO2/c1-12-6-8-13(9-7-12)16(11-17)19-15-5-3-4-14(10-15)18-2/h6-9,14-16H,3-5,10-11H2,1-2H3. The van der Waals surface area contributed by atoms with Crippen LogP contribution in [-0.2, 0) is 9.47 Å². The second-order valence-electron chi connectivity index (χ2n) is 5.34. The second-order valence-corrected chi connectivity index (χ2v) is 5.98. The van der Waals surface area contributed by atoms with Gasteiger partial charge in [-0.2, -0.15) is 0 Å². The SMILES string of the molecule is COC1CCCC(OC(CBr)c2ccc(C)cc2)C1. The molecule has 0 radical (unpaired) electrons. The molecule has 1 saturated carbocycles. The van der Waals surface area contributed by atoms with Crippen LogP contribution in [0.1, 0.15) is 42.9 Å². The molecule has 19 heavy (non-hydrogen) atoms. The Bertz CT molecular complexity index is 377. The molecular weight excluding hydrogens is 304 g/mol. The van der Waals surface area contributed by atoms with Crippen molar-refractivity contribution >= 4 is 15.9 Å². The topological polar surface area (TPSA) is 18.5 Å². The van der Waals surface area contributed by atoms with Crippen LogP contribution in [0, 0.1) is 6.92 Å². The van der Waals surface area contributed by atoms with Gasteiger partial charge in [0.2, 0.25) is 0 Å². The minimum atomic E-state index is 0.140. The number of benzene rings is 1. The highest BCUT2D eigenvalue weighted by molar-refractivity contribution is 9.09. The number of aryl methyl sites for hydroxylation is 1. The van der Waals surface area contributed by atoms with Crippen LogP contribution in [0.4, 0.5) is 0 Å². The van der Waals surface area contributed by atoms with Crippen LogP contribution in [0.5, 0.6) is 0 Å². The van der Waals surface area contributed by atoms with Crippen molar-refractivity contribution in [2.75, 3.05) is 12.4 Å². The van der Waals surface area contributed by atoms with E-state index in [4.69, 9.17) is 9.47 Å². The fraction of sp³-hybridized carbons (Fsp3) is 0.625. The Morgan fingerprint density at radius 2 is 1.89 bits per heavy atom. The van der Waals surface area contributed by atoms with Gasteiger partial charge in [-0.15, -0.1) is 0 Å². The molecule has 2 rings (SSSR count). The van der Waals surface area contributed by atoms with E-state index in [1.807, 2.05) is 0 Å². The molecule has 1 fully saturated rings. The van der Waals surface area contributed by atoms with Gasteiger partial charge in [0.1, 0.15) is 0 Å². The van der Waals surface area contributed by atoms with Crippen molar-refractivity contribution in [2.24, 2.45) is 0 Å². The molecule has 1 aromatic rings. The summed E-state index contributed by atoms with van der Waals surface area (Å²) in [6.45, 7) is 2.11. The summed E-state index contributed by atoms with van der Waals surface area (Å²) in [5, 5.41) is 0.838. The Labute approximate surface area is 124 Å². The Hall–Kier alpha value is -0.380. The molecule has 3 unspecified atom stereocenters. The van der Waals surface area contributed by atoms with Crippen molar-refractivity contribution < 1.29 is 9.47 Å². The first-order valence-electron chi connectivity index (χ1n) is 7.03. The van der Waals surface area contributed by atoms with E-state index in [0.717, 1.165) is 18.2 Å². The highest BCUT2D eigenvalue weighted by Gasteiger charge is 2.25. The van der Waals surface area contributed by atoms with E-state index >= 15 is 0 Å². The Morgan fingerprint density at radius 3 is 2.53 bits per heavy atom. The van der Waals surface area contributed by atoms with Gasteiger partial charge < -0.3 is 9.47 Å². The van der Waals surface area contributed by atoms with Crippen LogP contribution < -0.4 is 0 Å². The number of hydrogen-bond acceptors (Lipinski definition) is 2. The van der Waals surface area contributed by atoms with Crippen LogP contribution >= 0.6 is 15.9 Å². The largest absolute Gasteiger partial charge is 0.381 e. The number of ether oxygens (including phenoxy) is 2. The number of methoxy groups -OCH3 is 1. The predicted molar refractivity (Wildman–Crippen MR) is 81.9 cm³/mol. The van der Waals surface area contributed by atoms with Crippen molar-refractivity contribution in [1.29, 1.82) is 0 Å². The number of rotatable bonds is 5. The highest BCUT2D eigenvalue weighted by Crippen LogP contribution is 2.29. The summed E-state index contributed by atoms with van der Waals surface area (Å²) in [6.07, 6.45) is 5.36. The maximum Gasteiger partial charge on any atom is 0.0925 e. The van der Waals surface area contributed by atoms with Crippen LogP contribution in [0.3, 0.4) is 0 Å². The van der Waals surface area contributed by atoms with E-state index in [0.29, 0.717) is 12.2 Å². The van der Waals surface area contributed by atoms with E-state index in [2.05, 4.69) is 47.1 Å². The monoisotopic (exact) mass is 326 g/mol. The first-order chi connectivity index (χ1) is 9.22. The molecule has 1 aliphatic rings. The van der Waals surface area contributed by atoms with Gasteiger partial charge in [0, 0.05) is 12.4 Å². The van der Waals surface area contributed by atoms with E-state index in [1.54, 1.807) is 7.11 Å². The number of hydrogen-bond donors (Lipinski definition) is 0. The summed E-state index contributed by atoms with van der Waals surface area (Å²) in [4.78, 5) is 0. The Balaban J connectivity index is 1.96. The second kappa shape index (κ2) is 7.41. The van der Waals surface area contributed by atoms with Gasteiger partial charge >= 0.3 is 0 Å². The molecule has 2 nitrogen and oxygen atoms in total. The van der Waals surface area contributed by atoms with Crippen molar-refractivity contribution in [3.8, 4) is 0 Å². The van der Waals surface area contributed by atoms with Crippen LogP contribution in [0.2, 0.25) is 0 Å². The zero-order valence-corrected chi connectivity index (χ0v) is 13.4. The van der Waals surface area contributed by atoms with Gasteiger partial charge in [-0.05, 0) is 38.2 Å². The third-order valence-electron chi connectivity index (χ3n) is 3.86. The molecule has 0 spiro atoms. The minimum absolute atomic E-state index is 0.140. The minimum Gasteiger partial charge on any atom is -0.381 e. The molecule has 0 amide bonds. The molecule has 0 aromatic heterocycles. The molecule has 106 valence electrons. The van der Waals surface area contributed by atoms with Crippen molar-refractivity contribution in [3.63, 3.8) is 0 Å². The molecule has 0 N–H and O–H groups in total. The van der Waals surface area contributed by atoms with E-state index < -0.39 is 0 Å². The lowest BCUT2D eigenvalue weighted by atomic mass is 9.94. The summed E-state index contributed by atoms with van der Waals surface area (Å²) in [5.74, 6) is 0. The average molecular weight is 327 g/mol. The zero-order valence-electron chi connectivity index (χ0n) is 11.8. The fourth-order valence-electron chi connectivity index (χ4n) is 2.66. The summed E-state index contributed by atoms with van der Waals surface area (Å²) in [5.41, 5.74) is 2.54. The van der Waals surface area contributed by atoms with E-state index in [9.17, 15) is 0 Å². The molecule has 0 aliphatic heterocycles. The quantitative estimate of drug-likeness (QED) is 0.746. The van der Waals surface area contributed by atoms with Gasteiger partial charge in [-0.25, -0.2) is 0 Å². The van der Waals surface area contributed by atoms with E-state index in [1.165, 1.54) is 24.0 Å². The third-order valence-corrected chi connectivity index (χ3v) is 4.45. The van der Waals surface area contributed by atoms with Crippen LogP contribution in [-0.4, -0.2) is 24.6 Å². The smallest absolute Gasteiger partial charge is 0.0925 e. The maximum atomic E-state index is 6.27. The van der Waals surface area contributed by atoms with Gasteiger partial charge in [-0.3, -0.25) is 0 Å². The molecule has 0 bridgehead atoms. The molecule has 3 heteroatoms. The van der Waals surface area contributed by atoms with Crippen molar-refractivity contribution in [3.05, 3.63) is 35.4 Å². The lowest BCUT2D eigenvalue weighted by Crippen LogP contribution is -2.29. The molecule has 1 aromatic carbocycles. The van der Waals surface area contributed by atoms with E-state index in [-0.39, 0.29) is 6.10 Å². The molecule has 3 atom stereocenters. The predicted octanol–water partition coefficient (Wildman–Crippen LogP) is 4.41. The lowest BCUT2D eigenvalue weighted by Gasteiger charge is -2.31. The third kappa shape index (κ3) is 4.30. The number of halogens is 1. The Morgan fingerprint density at radius 1 is 1.21 bits per heavy atom. The number of alkyl halides is 1. The highest BCUT2D eigenvalue weighted by atomic mass is 79.9. The van der Waals surface area contributed by atoms with Crippen LogP contribution in [0.25, 0.3) is 0 Å².